The van der Waals surface area contributed by atoms with Crippen LogP contribution in [0.15, 0.2) is 30.5 Å². The van der Waals surface area contributed by atoms with E-state index in [1.807, 2.05) is 6.92 Å². The van der Waals surface area contributed by atoms with Crippen LogP contribution in [0, 0.1) is 5.82 Å². The summed E-state index contributed by atoms with van der Waals surface area (Å²) in [5, 5.41) is 3.20. The molecule has 0 radical (unpaired) electrons. The largest absolute Gasteiger partial charge is 0.444 e. The normalized spacial score (nSPS) is 11.1. The molecule has 0 bridgehead atoms. The Morgan fingerprint density at radius 2 is 2.00 bits per heavy atom. The summed E-state index contributed by atoms with van der Waals surface area (Å²) in [5.41, 5.74) is -0.205. The van der Waals surface area contributed by atoms with E-state index >= 15 is 0 Å². The first-order chi connectivity index (χ1) is 12.7. The van der Waals surface area contributed by atoms with Gasteiger partial charge in [-0.15, -0.1) is 11.3 Å². The van der Waals surface area contributed by atoms with Gasteiger partial charge in [0.25, 0.3) is 5.91 Å². The van der Waals surface area contributed by atoms with Gasteiger partial charge in [-0.05, 0) is 39.8 Å². The Hall–Kier alpha value is -2.48. The number of amides is 2. The Morgan fingerprint density at radius 3 is 2.63 bits per heavy atom. The Kier molecular flexibility index (Phi) is 6.90. The Labute approximate surface area is 162 Å². The predicted octanol–water partition coefficient (Wildman–Crippen LogP) is 3.94. The van der Waals surface area contributed by atoms with Crippen molar-refractivity contribution < 1.29 is 18.7 Å². The molecule has 0 unspecified atom stereocenters. The number of carbonyl (C=O) groups is 2. The van der Waals surface area contributed by atoms with Crippen molar-refractivity contribution >= 4 is 23.3 Å². The fourth-order valence-corrected chi connectivity index (χ4v) is 3.09. The molecule has 1 heterocycles. The van der Waals surface area contributed by atoms with Gasteiger partial charge in [-0.1, -0.05) is 12.1 Å². The van der Waals surface area contributed by atoms with Crippen molar-refractivity contribution in [3.63, 3.8) is 0 Å². The number of ether oxygens (including phenoxy) is 1. The lowest BCUT2D eigenvalue weighted by Crippen LogP contribution is -2.41. The zero-order valence-corrected chi connectivity index (χ0v) is 16.7. The van der Waals surface area contributed by atoms with E-state index < -0.39 is 11.7 Å². The molecule has 1 N–H and O–H groups in total. The minimum atomic E-state index is -0.570. The van der Waals surface area contributed by atoms with Gasteiger partial charge >= 0.3 is 6.09 Å². The first-order valence-corrected chi connectivity index (χ1v) is 9.49. The molecule has 0 saturated heterocycles. The number of nitrogens with zero attached hydrogens (tertiary/aromatic N) is 2. The smallest absolute Gasteiger partial charge is 0.410 e. The maximum Gasteiger partial charge on any atom is 0.410 e. The van der Waals surface area contributed by atoms with Crippen molar-refractivity contribution in [2.24, 2.45) is 0 Å². The Morgan fingerprint density at radius 1 is 1.30 bits per heavy atom. The molecule has 27 heavy (non-hydrogen) atoms. The number of likely N-dealkylation sites (N-methyl/N-ethyl adjacent to an activating group) is 1. The van der Waals surface area contributed by atoms with Crippen LogP contribution in [-0.2, 0) is 4.74 Å². The van der Waals surface area contributed by atoms with Gasteiger partial charge in [0.1, 0.15) is 21.3 Å². The average Bonchev–Trinajstić information content (AvgIpc) is 3.07. The van der Waals surface area contributed by atoms with Crippen molar-refractivity contribution in [3.05, 3.63) is 41.2 Å². The molecule has 0 spiro atoms. The lowest BCUT2D eigenvalue weighted by molar-refractivity contribution is 0.0261. The predicted molar refractivity (Wildman–Crippen MR) is 103 cm³/mol. The monoisotopic (exact) mass is 393 g/mol. The second-order valence-corrected chi connectivity index (χ2v) is 7.86. The van der Waals surface area contributed by atoms with E-state index in [9.17, 15) is 14.0 Å². The summed E-state index contributed by atoms with van der Waals surface area (Å²) in [6.07, 6.45) is 1.01. The van der Waals surface area contributed by atoms with E-state index in [1.165, 1.54) is 17.2 Å². The third-order valence-electron chi connectivity index (χ3n) is 3.53. The molecule has 2 aromatic rings. The number of aromatic nitrogens is 1. The third-order valence-corrected chi connectivity index (χ3v) is 4.56. The second-order valence-electron chi connectivity index (χ2n) is 6.83. The van der Waals surface area contributed by atoms with Gasteiger partial charge in [0.05, 0.1) is 6.20 Å². The number of rotatable bonds is 6. The zero-order valence-electron chi connectivity index (χ0n) is 15.9. The number of halogens is 1. The standard InChI is InChI=1S/C19H24FN3O3S/c1-5-23(18(25)26-19(2,3)4)11-10-21-16(24)15-12-22-17(27-15)13-8-6-7-9-14(13)20/h6-9,12H,5,10-11H2,1-4H3,(H,21,24). The van der Waals surface area contributed by atoms with Crippen LogP contribution in [-0.4, -0.2) is 47.1 Å². The van der Waals surface area contributed by atoms with Gasteiger partial charge in [-0.3, -0.25) is 4.79 Å². The molecular formula is C19H24FN3O3S. The number of thiazole rings is 1. The quantitative estimate of drug-likeness (QED) is 0.807. The van der Waals surface area contributed by atoms with E-state index in [0.29, 0.717) is 28.5 Å². The van der Waals surface area contributed by atoms with E-state index in [0.717, 1.165) is 11.3 Å². The molecule has 6 nitrogen and oxygen atoms in total. The molecule has 0 aliphatic carbocycles. The van der Waals surface area contributed by atoms with Gasteiger partial charge in [0.15, 0.2) is 0 Å². The molecule has 2 amide bonds. The minimum absolute atomic E-state index is 0.277. The number of benzene rings is 1. The highest BCUT2D eigenvalue weighted by Gasteiger charge is 2.21. The summed E-state index contributed by atoms with van der Waals surface area (Å²) in [6.45, 7) is 8.33. The molecule has 0 aliphatic rings. The van der Waals surface area contributed by atoms with Gasteiger partial charge in [0, 0.05) is 25.2 Å². The Bertz CT molecular complexity index is 801. The average molecular weight is 393 g/mol. The Balaban J connectivity index is 1.91. The van der Waals surface area contributed by atoms with Crippen molar-refractivity contribution in [1.82, 2.24) is 15.2 Å². The summed E-state index contributed by atoms with van der Waals surface area (Å²) in [6, 6.07) is 6.29. The molecule has 2 rings (SSSR count). The van der Waals surface area contributed by atoms with Gasteiger partial charge in [-0.25, -0.2) is 14.2 Å². The maximum absolute atomic E-state index is 13.8. The van der Waals surface area contributed by atoms with E-state index in [-0.39, 0.29) is 18.3 Å². The molecule has 8 heteroatoms. The lowest BCUT2D eigenvalue weighted by Gasteiger charge is -2.26. The van der Waals surface area contributed by atoms with Crippen LogP contribution in [0.5, 0.6) is 0 Å². The number of carbonyl (C=O) groups excluding carboxylic acids is 2. The summed E-state index contributed by atoms with van der Waals surface area (Å²) in [7, 11) is 0. The van der Waals surface area contributed by atoms with Crippen LogP contribution >= 0.6 is 11.3 Å². The van der Waals surface area contributed by atoms with Crippen LogP contribution in [0.2, 0.25) is 0 Å². The molecule has 0 fully saturated rings. The lowest BCUT2D eigenvalue weighted by atomic mass is 10.2. The third kappa shape index (κ3) is 6.02. The molecule has 146 valence electrons. The highest BCUT2D eigenvalue weighted by atomic mass is 32.1. The fourth-order valence-electron chi connectivity index (χ4n) is 2.23. The first kappa shape index (κ1) is 20.8. The van der Waals surface area contributed by atoms with Gasteiger partial charge < -0.3 is 15.0 Å². The summed E-state index contributed by atoms with van der Waals surface area (Å²) < 4.78 is 19.2. The molecule has 0 aliphatic heterocycles. The molecule has 0 atom stereocenters. The topological polar surface area (TPSA) is 71.5 Å². The highest BCUT2D eigenvalue weighted by molar-refractivity contribution is 7.16. The van der Waals surface area contributed by atoms with Gasteiger partial charge in [0.2, 0.25) is 0 Å². The zero-order chi connectivity index (χ0) is 20.0. The molecule has 1 aromatic carbocycles. The van der Waals surface area contributed by atoms with Crippen molar-refractivity contribution in [2.45, 2.75) is 33.3 Å². The molecular weight excluding hydrogens is 369 g/mol. The SMILES string of the molecule is CCN(CCNC(=O)c1cnc(-c2ccccc2F)s1)C(=O)OC(C)(C)C. The molecule has 0 saturated carbocycles. The van der Waals surface area contributed by atoms with Gasteiger partial charge in [-0.2, -0.15) is 0 Å². The van der Waals surface area contributed by atoms with E-state index in [1.54, 1.807) is 39.0 Å². The van der Waals surface area contributed by atoms with Crippen LogP contribution in [0.1, 0.15) is 37.4 Å². The van der Waals surface area contributed by atoms with Crippen molar-refractivity contribution in [2.75, 3.05) is 19.6 Å². The summed E-state index contributed by atoms with van der Waals surface area (Å²) in [5.74, 6) is -0.690. The van der Waals surface area contributed by atoms with E-state index in [4.69, 9.17) is 4.74 Å². The second kappa shape index (κ2) is 8.94. The van der Waals surface area contributed by atoms with Crippen LogP contribution in [0.3, 0.4) is 0 Å². The van der Waals surface area contributed by atoms with Crippen LogP contribution in [0.25, 0.3) is 10.6 Å². The summed E-state index contributed by atoms with van der Waals surface area (Å²) >= 11 is 1.12. The van der Waals surface area contributed by atoms with Crippen molar-refractivity contribution in [1.29, 1.82) is 0 Å². The number of hydrogen-bond acceptors (Lipinski definition) is 5. The number of nitrogens with one attached hydrogen (secondary N) is 1. The highest BCUT2D eigenvalue weighted by Crippen LogP contribution is 2.27. The summed E-state index contributed by atoms with van der Waals surface area (Å²) in [4.78, 5) is 30.4. The number of hydrogen-bond donors (Lipinski definition) is 1. The molecule has 1 aromatic heterocycles. The van der Waals surface area contributed by atoms with E-state index in [2.05, 4.69) is 10.3 Å². The maximum atomic E-state index is 13.8. The van der Waals surface area contributed by atoms with Crippen LogP contribution in [0.4, 0.5) is 9.18 Å². The van der Waals surface area contributed by atoms with Crippen LogP contribution < -0.4 is 5.32 Å². The minimum Gasteiger partial charge on any atom is -0.444 e. The first-order valence-electron chi connectivity index (χ1n) is 8.68. The van der Waals surface area contributed by atoms with Crippen molar-refractivity contribution in [3.8, 4) is 10.6 Å². The fraction of sp³-hybridized carbons (Fsp3) is 0.421.